The number of rotatable bonds is 3. The molecule has 0 aromatic heterocycles. The molecule has 0 atom stereocenters. The predicted molar refractivity (Wildman–Crippen MR) is 62.6 cm³/mol. The van der Waals surface area contributed by atoms with Gasteiger partial charge in [0.25, 0.3) is 0 Å². The first kappa shape index (κ1) is 13.9. The Kier molecular flexibility index (Phi) is 6.70. The summed E-state index contributed by atoms with van der Waals surface area (Å²) in [7, 11) is -3.73. The lowest BCUT2D eigenvalue weighted by Gasteiger charge is -1.91. The highest BCUT2D eigenvalue weighted by molar-refractivity contribution is 7.90. The van der Waals surface area contributed by atoms with Gasteiger partial charge in [-0.05, 0) is 11.6 Å². The van der Waals surface area contributed by atoms with Crippen molar-refractivity contribution in [3.63, 3.8) is 0 Å². The first-order chi connectivity index (χ1) is 7.14. The smallest absolute Gasteiger partial charge is 0.193 e. The molecule has 0 bridgehead atoms. The van der Waals surface area contributed by atoms with Crippen LogP contribution in [0.3, 0.4) is 0 Å². The summed E-state index contributed by atoms with van der Waals surface area (Å²) in [6.07, 6.45) is 1.40. The molecule has 0 radical (unpaired) electrons. The van der Waals surface area contributed by atoms with Gasteiger partial charge in [-0.1, -0.05) is 30.3 Å². The van der Waals surface area contributed by atoms with E-state index in [2.05, 4.69) is 16.9 Å². The Hall–Kier alpha value is -1.10. The van der Waals surface area contributed by atoms with Crippen molar-refractivity contribution in [3.8, 4) is 0 Å². The van der Waals surface area contributed by atoms with Gasteiger partial charge in [0.05, 0.1) is 17.3 Å². The summed E-state index contributed by atoms with van der Waals surface area (Å²) in [4.78, 5) is 0. The molecule has 0 spiro atoms. The Balaban J connectivity index is 0.000000921. The monoisotopic (exact) mass is 246 g/mol. The second-order valence-electron chi connectivity index (χ2n) is 2.27. The SMILES string of the molecule is C=C.O=S(=O)(C=Cc1ccccc1)OCl. The average Bonchev–Trinajstić information content (AvgIpc) is 2.31. The maximum atomic E-state index is 10.7. The highest BCUT2D eigenvalue weighted by atomic mass is 35.5. The molecule has 0 heterocycles. The van der Waals surface area contributed by atoms with Crippen LogP contribution in [0.4, 0.5) is 0 Å². The van der Waals surface area contributed by atoms with E-state index in [-0.39, 0.29) is 0 Å². The van der Waals surface area contributed by atoms with E-state index in [1.165, 1.54) is 6.08 Å². The minimum atomic E-state index is -3.73. The van der Waals surface area contributed by atoms with Gasteiger partial charge in [-0.3, -0.25) is 0 Å². The van der Waals surface area contributed by atoms with Gasteiger partial charge in [-0.15, -0.1) is 13.2 Å². The van der Waals surface area contributed by atoms with Crippen LogP contribution in [0.5, 0.6) is 0 Å². The topological polar surface area (TPSA) is 43.4 Å². The van der Waals surface area contributed by atoms with E-state index in [0.29, 0.717) is 0 Å². The van der Waals surface area contributed by atoms with Gasteiger partial charge < -0.3 is 0 Å². The molecular formula is C10H11ClO3S. The summed E-state index contributed by atoms with van der Waals surface area (Å²) in [6.45, 7) is 6.00. The molecule has 0 saturated carbocycles. The van der Waals surface area contributed by atoms with Crippen LogP contribution in [0, 0.1) is 0 Å². The van der Waals surface area contributed by atoms with E-state index in [0.717, 1.165) is 11.0 Å². The second-order valence-corrected chi connectivity index (χ2v) is 4.03. The van der Waals surface area contributed by atoms with Gasteiger partial charge in [0.2, 0.25) is 0 Å². The molecule has 0 aliphatic rings. The number of hydrogen-bond acceptors (Lipinski definition) is 3. The molecule has 0 fully saturated rings. The highest BCUT2D eigenvalue weighted by Crippen LogP contribution is 2.05. The Labute approximate surface area is 94.9 Å². The summed E-state index contributed by atoms with van der Waals surface area (Å²) in [5, 5.41) is 0.898. The molecule has 5 heteroatoms. The fraction of sp³-hybridized carbons (Fsp3) is 0. The lowest BCUT2D eigenvalue weighted by Crippen LogP contribution is -1.91. The molecule has 3 nitrogen and oxygen atoms in total. The maximum Gasteiger partial charge on any atom is 0.306 e. The summed E-state index contributed by atoms with van der Waals surface area (Å²) >= 11 is 4.72. The van der Waals surface area contributed by atoms with Crippen LogP contribution >= 0.6 is 11.9 Å². The summed E-state index contributed by atoms with van der Waals surface area (Å²) in [5.74, 6) is 0. The van der Waals surface area contributed by atoms with E-state index in [4.69, 9.17) is 11.9 Å². The van der Waals surface area contributed by atoms with Crippen LogP contribution in [-0.4, -0.2) is 8.42 Å². The van der Waals surface area contributed by atoms with Gasteiger partial charge >= 0.3 is 10.1 Å². The third kappa shape index (κ3) is 6.06. The van der Waals surface area contributed by atoms with Crippen LogP contribution < -0.4 is 0 Å². The van der Waals surface area contributed by atoms with Crippen molar-refractivity contribution in [2.24, 2.45) is 0 Å². The molecule has 1 aromatic carbocycles. The third-order valence-electron chi connectivity index (χ3n) is 1.31. The molecule has 0 amide bonds. The number of halogens is 1. The molecule has 0 aliphatic heterocycles. The van der Waals surface area contributed by atoms with Gasteiger partial charge in [0.1, 0.15) is 0 Å². The van der Waals surface area contributed by atoms with Crippen molar-refractivity contribution in [1.29, 1.82) is 0 Å². The molecule has 15 heavy (non-hydrogen) atoms. The average molecular weight is 247 g/mol. The van der Waals surface area contributed by atoms with E-state index in [1.54, 1.807) is 24.3 Å². The molecule has 1 aromatic rings. The normalized spacial score (nSPS) is 10.7. The van der Waals surface area contributed by atoms with Gasteiger partial charge in [-0.25, -0.2) is 0 Å². The largest absolute Gasteiger partial charge is 0.306 e. The first-order valence-corrected chi connectivity index (χ1v) is 5.70. The Morgan fingerprint density at radius 1 is 1.20 bits per heavy atom. The van der Waals surface area contributed by atoms with Crippen molar-refractivity contribution < 1.29 is 12.2 Å². The predicted octanol–water partition coefficient (Wildman–Crippen LogP) is 2.96. The van der Waals surface area contributed by atoms with Crippen LogP contribution in [0.25, 0.3) is 6.08 Å². The summed E-state index contributed by atoms with van der Waals surface area (Å²) in [5.41, 5.74) is 0.764. The maximum absolute atomic E-state index is 10.7. The quantitative estimate of drug-likeness (QED) is 0.770. The first-order valence-electron chi connectivity index (χ1n) is 3.92. The van der Waals surface area contributed by atoms with Crippen LogP contribution in [0.15, 0.2) is 48.9 Å². The van der Waals surface area contributed by atoms with Gasteiger partial charge in [0.15, 0.2) is 0 Å². The van der Waals surface area contributed by atoms with Crippen molar-refractivity contribution in [2.75, 3.05) is 0 Å². The lowest BCUT2D eigenvalue weighted by molar-refractivity contribution is 0.520. The highest BCUT2D eigenvalue weighted by Gasteiger charge is 2.02. The van der Waals surface area contributed by atoms with E-state index in [1.807, 2.05) is 6.07 Å². The number of benzene rings is 1. The van der Waals surface area contributed by atoms with Crippen molar-refractivity contribution >= 4 is 28.1 Å². The van der Waals surface area contributed by atoms with Gasteiger partial charge in [-0.2, -0.15) is 12.2 Å². The third-order valence-corrected chi connectivity index (χ3v) is 2.49. The standard InChI is InChI=1S/C8H7ClO3S.C2H4/c9-12-13(10,11)7-6-8-4-2-1-3-5-8;1-2/h1-7H;1-2H2. The van der Waals surface area contributed by atoms with E-state index >= 15 is 0 Å². The molecular weight excluding hydrogens is 236 g/mol. The van der Waals surface area contributed by atoms with Crippen molar-refractivity contribution in [3.05, 3.63) is 54.5 Å². The minimum Gasteiger partial charge on any atom is -0.193 e. The molecule has 0 N–H and O–H groups in total. The fourth-order valence-corrected chi connectivity index (χ4v) is 1.24. The minimum absolute atomic E-state index is 0.764. The van der Waals surface area contributed by atoms with Crippen molar-refractivity contribution in [1.82, 2.24) is 0 Å². The van der Waals surface area contributed by atoms with Crippen LogP contribution in [-0.2, 0) is 13.9 Å². The Bertz CT molecular complexity index is 398. The molecule has 1 rings (SSSR count). The summed E-state index contributed by atoms with van der Waals surface area (Å²) < 4.78 is 25.2. The van der Waals surface area contributed by atoms with Crippen LogP contribution in [0.2, 0.25) is 0 Å². The number of hydrogen-bond donors (Lipinski definition) is 0. The van der Waals surface area contributed by atoms with Crippen LogP contribution in [0.1, 0.15) is 5.56 Å². The molecule has 0 unspecified atom stereocenters. The zero-order chi connectivity index (χ0) is 11.7. The second kappa shape index (κ2) is 7.23. The van der Waals surface area contributed by atoms with Crippen molar-refractivity contribution in [2.45, 2.75) is 0 Å². The fourth-order valence-electron chi connectivity index (χ4n) is 0.747. The lowest BCUT2D eigenvalue weighted by atomic mass is 10.2. The molecule has 0 saturated heterocycles. The zero-order valence-corrected chi connectivity index (χ0v) is 9.54. The van der Waals surface area contributed by atoms with E-state index < -0.39 is 10.1 Å². The van der Waals surface area contributed by atoms with E-state index in [9.17, 15) is 8.42 Å². The zero-order valence-electron chi connectivity index (χ0n) is 7.97. The molecule has 82 valence electrons. The molecule has 0 aliphatic carbocycles. The summed E-state index contributed by atoms with van der Waals surface area (Å²) in [6, 6.07) is 8.96. The Morgan fingerprint density at radius 3 is 2.20 bits per heavy atom. The van der Waals surface area contributed by atoms with Gasteiger partial charge in [0, 0.05) is 0 Å². The Morgan fingerprint density at radius 2 is 1.73 bits per heavy atom.